The lowest BCUT2D eigenvalue weighted by Crippen LogP contribution is -2.43. The van der Waals surface area contributed by atoms with Crippen molar-refractivity contribution in [1.29, 1.82) is 0 Å². The van der Waals surface area contributed by atoms with Crippen molar-refractivity contribution in [3.8, 4) is 5.75 Å². The van der Waals surface area contributed by atoms with E-state index in [1.54, 1.807) is 32.0 Å². The Bertz CT molecular complexity index is 821. The molecule has 0 aliphatic rings. The Morgan fingerprint density at radius 2 is 1.88 bits per heavy atom. The number of benzene rings is 2. The normalized spacial score (nSPS) is 14.7. The number of fused-ring (bicyclic) bond motifs is 1. The molecule has 0 fully saturated rings. The van der Waals surface area contributed by atoms with Crippen LogP contribution in [0.15, 0.2) is 65.1 Å². The minimum atomic E-state index is -1.32. The van der Waals surface area contributed by atoms with Crippen molar-refractivity contribution >= 4 is 16.9 Å². The fourth-order valence-corrected chi connectivity index (χ4v) is 2.49. The third-order valence-corrected chi connectivity index (χ3v) is 3.99. The lowest BCUT2D eigenvalue weighted by Gasteiger charge is -2.22. The summed E-state index contributed by atoms with van der Waals surface area (Å²) in [7, 11) is 0. The van der Waals surface area contributed by atoms with E-state index in [1.165, 1.54) is 0 Å². The fourth-order valence-electron chi connectivity index (χ4n) is 2.49. The molecule has 0 saturated heterocycles. The summed E-state index contributed by atoms with van der Waals surface area (Å²) in [5, 5.41) is 14.3. The Kier molecular flexibility index (Phi) is 4.76. The van der Waals surface area contributed by atoms with E-state index >= 15 is 0 Å². The summed E-state index contributed by atoms with van der Waals surface area (Å²) in [6.07, 6.45) is -0.672. The van der Waals surface area contributed by atoms with E-state index < -0.39 is 11.7 Å². The zero-order chi connectivity index (χ0) is 17.9. The molecule has 0 aliphatic carbocycles. The third-order valence-electron chi connectivity index (χ3n) is 3.99. The van der Waals surface area contributed by atoms with Gasteiger partial charge in [-0.3, -0.25) is 4.79 Å². The molecule has 0 spiro atoms. The summed E-state index contributed by atoms with van der Waals surface area (Å²) >= 11 is 0. The topological polar surface area (TPSA) is 71.7 Å². The van der Waals surface area contributed by atoms with E-state index in [2.05, 4.69) is 5.32 Å². The van der Waals surface area contributed by atoms with Crippen LogP contribution in [0.4, 0.5) is 0 Å². The van der Waals surface area contributed by atoms with Gasteiger partial charge in [0.1, 0.15) is 22.7 Å². The summed E-state index contributed by atoms with van der Waals surface area (Å²) in [6.45, 7) is 3.29. The Morgan fingerprint density at radius 3 is 2.60 bits per heavy atom. The molecule has 2 atom stereocenters. The average molecular weight is 339 g/mol. The van der Waals surface area contributed by atoms with Crippen LogP contribution in [0.5, 0.6) is 5.75 Å². The monoisotopic (exact) mass is 339 g/mol. The molecular formula is C20H21NO4. The second kappa shape index (κ2) is 6.99. The van der Waals surface area contributed by atoms with Crippen LogP contribution in [0.3, 0.4) is 0 Å². The van der Waals surface area contributed by atoms with Crippen LogP contribution >= 0.6 is 0 Å². The largest absolute Gasteiger partial charge is 0.481 e. The van der Waals surface area contributed by atoms with Crippen LogP contribution in [-0.4, -0.2) is 23.7 Å². The van der Waals surface area contributed by atoms with Crippen molar-refractivity contribution in [1.82, 2.24) is 5.32 Å². The van der Waals surface area contributed by atoms with E-state index in [1.807, 2.05) is 42.5 Å². The Labute approximate surface area is 146 Å². The van der Waals surface area contributed by atoms with Gasteiger partial charge in [-0.05, 0) is 38.1 Å². The third kappa shape index (κ3) is 4.00. The summed E-state index contributed by atoms with van der Waals surface area (Å²) in [6, 6.07) is 18.4. The van der Waals surface area contributed by atoms with Gasteiger partial charge in [0, 0.05) is 5.39 Å². The first-order chi connectivity index (χ1) is 12.0. The number of nitrogens with one attached hydrogen (secondary N) is 1. The number of aliphatic hydroxyl groups is 1. The maximum Gasteiger partial charge on any atom is 0.260 e. The summed E-state index contributed by atoms with van der Waals surface area (Å²) in [5.74, 6) is 0.722. The van der Waals surface area contributed by atoms with Gasteiger partial charge in [0.15, 0.2) is 6.10 Å². The predicted octanol–water partition coefficient (Wildman–Crippen LogP) is 3.22. The highest BCUT2D eigenvalue weighted by atomic mass is 16.5. The minimum Gasteiger partial charge on any atom is -0.481 e. The standard InChI is InChI=1S/C20H21NO4/c1-14(24-16-9-4-3-5-10-16)19(22)21-13-20(2,23)18-12-15-8-6-7-11-17(15)25-18/h3-12,14,23H,13H2,1-2H3,(H,21,22)/t14-,20+/m1/s1. The van der Waals surface area contributed by atoms with Gasteiger partial charge in [-0.2, -0.15) is 0 Å². The SMILES string of the molecule is C[C@@H](Oc1ccccc1)C(=O)NC[C@](C)(O)c1cc2ccccc2o1. The first kappa shape index (κ1) is 17.0. The second-order valence-electron chi connectivity index (χ2n) is 6.21. The Morgan fingerprint density at radius 1 is 1.20 bits per heavy atom. The Hall–Kier alpha value is -2.79. The molecule has 3 rings (SSSR count). The quantitative estimate of drug-likeness (QED) is 0.723. The summed E-state index contributed by atoms with van der Waals surface area (Å²) < 4.78 is 11.3. The molecule has 1 aromatic heterocycles. The molecule has 0 radical (unpaired) electrons. The van der Waals surface area contributed by atoms with Crippen LogP contribution in [0, 0.1) is 0 Å². The fraction of sp³-hybridized carbons (Fsp3) is 0.250. The van der Waals surface area contributed by atoms with Gasteiger partial charge in [-0.25, -0.2) is 0 Å². The van der Waals surface area contributed by atoms with E-state index in [0.717, 1.165) is 5.39 Å². The molecule has 2 aromatic carbocycles. The van der Waals surface area contributed by atoms with Crippen molar-refractivity contribution in [3.63, 3.8) is 0 Å². The van der Waals surface area contributed by atoms with Crippen molar-refractivity contribution in [2.24, 2.45) is 0 Å². The lowest BCUT2D eigenvalue weighted by atomic mass is 10.0. The summed E-state index contributed by atoms with van der Waals surface area (Å²) in [5.41, 5.74) is -0.619. The van der Waals surface area contributed by atoms with Gasteiger partial charge in [-0.1, -0.05) is 36.4 Å². The first-order valence-corrected chi connectivity index (χ1v) is 8.16. The van der Waals surface area contributed by atoms with Crippen LogP contribution in [0.25, 0.3) is 11.0 Å². The molecule has 2 N–H and O–H groups in total. The smallest absolute Gasteiger partial charge is 0.260 e. The van der Waals surface area contributed by atoms with Gasteiger partial charge >= 0.3 is 0 Å². The molecule has 1 amide bonds. The molecule has 3 aromatic rings. The molecule has 1 heterocycles. The van der Waals surface area contributed by atoms with Crippen LogP contribution in [0.2, 0.25) is 0 Å². The lowest BCUT2D eigenvalue weighted by molar-refractivity contribution is -0.128. The number of hydrogen-bond donors (Lipinski definition) is 2. The predicted molar refractivity (Wildman–Crippen MR) is 95.3 cm³/mol. The number of para-hydroxylation sites is 2. The van der Waals surface area contributed by atoms with Crippen molar-refractivity contribution in [2.45, 2.75) is 25.6 Å². The van der Waals surface area contributed by atoms with Crippen LogP contribution in [-0.2, 0) is 10.4 Å². The van der Waals surface area contributed by atoms with E-state index in [0.29, 0.717) is 17.1 Å². The zero-order valence-corrected chi connectivity index (χ0v) is 14.2. The number of rotatable bonds is 6. The van der Waals surface area contributed by atoms with Gasteiger partial charge in [0.25, 0.3) is 5.91 Å². The molecule has 0 saturated carbocycles. The maximum absolute atomic E-state index is 12.2. The second-order valence-corrected chi connectivity index (χ2v) is 6.21. The number of carbonyl (C=O) groups excluding carboxylic acids is 1. The maximum atomic E-state index is 12.2. The van der Waals surface area contributed by atoms with Crippen molar-refractivity contribution in [2.75, 3.05) is 6.54 Å². The Balaban J connectivity index is 1.62. The van der Waals surface area contributed by atoms with E-state index in [9.17, 15) is 9.90 Å². The molecule has 0 unspecified atom stereocenters. The highest BCUT2D eigenvalue weighted by Gasteiger charge is 2.29. The molecule has 5 heteroatoms. The van der Waals surface area contributed by atoms with Crippen molar-refractivity contribution < 1.29 is 19.1 Å². The number of hydrogen-bond acceptors (Lipinski definition) is 4. The van der Waals surface area contributed by atoms with Crippen LogP contribution < -0.4 is 10.1 Å². The van der Waals surface area contributed by atoms with E-state index in [4.69, 9.17) is 9.15 Å². The average Bonchev–Trinajstić information content (AvgIpc) is 3.06. The molecule has 25 heavy (non-hydrogen) atoms. The van der Waals surface area contributed by atoms with Crippen molar-refractivity contribution in [3.05, 3.63) is 66.4 Å². The van der Waals surface area contributed by atoms with Gasteiger partial charge < -0.3 is 19.6 Å². The molecule has 0 aliphatic heterocycles. The number of carbonyl (C=O) groups is 1. The number of amides is 1. The molecular weight excluding hydrogens is 318 g/mol. The van der Waals surface area contributed by atoms with E-state index in [-0.39, 0.29) is 12.5 Å². The molecule has 130 valence electrons. The highest BCUT2D eigenvalue weighted by Crippen LogP contribution is 2.27. The van der Waals surface area contributed by atoms with Gasteiger partial charge in [0.2, 0.25) is 0 Å². The number of furan rings is 1. The minimum absolute atomic E-state index is 0.0220. The van der Waals surface area contributed by atoms with Gasteiger partial charge in [0.05, 0.1) is 6.54 Å². The molecule has 5 nitrogen and oxygen atoms in total. The molecule has 0 bridgehead atoms. The first-order valence-electron chi connectivity index (χ1n) is 8.16. The van der Waals surface area contributed by atoms with Crippen LogP contribution in [0.1, 0.15) is 19.6 Å². The van der Waals surface area contributed by atoms with Gasteiger partial charge in [-0.15, -0.1) is 0 Å². The highest BCUT2D eigenvalue weighted by molar-refractivity contribution is 5.81. The zero-order valence-electron chi connectivity index (χ0n) is 14.2. The number of ether oxygens (including phenoxy) is 1. The summed E-state index contributed by atoms with van der Waals surface area (Å²) in [4.78, 5) is 12.2.